The fourth-order valence-electron chi connectivity index (χ4n) is 5.61. The number of nitro groups is 1. The van der Waals surface area contributed by atoms with Gasteiger partial charge in [0.25, 0.3) is 5.69 Å². The third-order valence-electron chi connectivity index (χ3n) is 7.56. The first-order valence-corrected chi connectivity index (χ1v) is 13.0. The number of nitrogens with zero attached hydrogens (tertiary/aromatic N) is 5. The van der Waals surface area contributed by atoms with Crippen molar-refractivity contribution in [1.29, 1.82) is 0 Å². The van der Waals surface area contributed by atoms with E-state index < -0.39 is 0 Å². The van der Waals surface area contributed by atoms with Crippen LogP contribution in [0.2, 0.25) is 0 Å². The van der Waals surface area contributed by atoms with Crippen molar-refractivity contribution in [3.8, 4) is 0 Å². The number of allylic oxidation sites excluding steroid dienone is 4. The normalized spacial score (nSPS) is 21.4. The molecule has 0 radical (unpaired) electrons. The highest BCUT2D eigenvalue weighted by Gasteiger charge is 2.37. The van der Waals surface area contributed by atoms with Crippen LogP contribution in [0, 0.1) is 10.1 Å². The Kier molecular flexibility index (Phi) is 7.24. The summed E-state index contributed by atoms with van der Waals surface area (Å²) in [6, 6.07) is 15.2. The zero-order valence-corrected chi connectivity index (χ0v) is 22.1. The number of hydrogen-bond acceptors (Lipinski definition) is 7. The summed E-state index contributed by atoms with van der Waals surface area (Å²) in [5.74, 6) is 0. The number of benzene rings is 2. The van der Waals surface area contributed by atoms with Crippen molar-refractivity contribution in [2.45, 2.75) is 32.1 Å². The molecular formula is C30H33N5O3. The van der Waals surface area contributed by atoms with Crippen LogP contribution in [-0.2, 0) is 10.2 Å². The average Bonchev–Trinajstić information content (AvgIpc) is 3.40. The molecule has 38 heavy (non-hydrogen) atoms. The predicted molar refractivity (Wildman–Crippen MR) is 153 cm³/mol. The minimum Gasteiger partial charge on any atom is -0.378 e. The van der Waals surface area contributed by atoms with Crippen molar-refractivity contribution in [2.24, 2.45) is 10.2 Å². The lowest BCUT2D eigenvalue weighted by atomic mass is 9.84. The van der Waals surface area contributed by atoms with E-state index in [2.05, 4.69) is 71.2 Å². The van der Waals surface area contributed by atoms with Crippen molar-refractivity contribution < 1.29 is 9.66 Å². The number of para-hydroxylation sites is 1. The molecule has 1 fully saturated rings. The SMILES string of the molecule is CN1\C(=C/C=N/N=C/C2=C(N3CCOCC3)C(=C\c3ccc([N+](=O)[O-])cc3)/CC2)C(C)(C)c2ccccc21. The van der Waals surface area contributed by atoms with E-state index in [-0.39, 0.29) is 16.0 Å². The molecule has 0 aromatic heterocycles. The van der Waals surface area contributed by atoms with E-state index in [1.54, 1.807) is 30.5 Å². The van der Waals surface area contributed by atoms with Gasteiger partial charge in [-0.3, -0.25) is 10.1 Å². The smallest absolute Gasteiger partial charge is 0.269 e. The van der Waals surface area contributed by atoms with Crippen LogP contribution in [0.15, 0.2) is 87.4 Å². The van der Waals surface area contributed by atoms with Crippen molar-refractivity contribution in [1.82, 2.24) is 4.90 Å². The predicted octanol–water partition coefficient (Wildman–Crippen LogP) is 5.73. The van der Waals surface area contributed by atoms with Crippen LogP contribution >= 0.6 is 0 Å². The minimum atomic E-state index is -0.374. The molecule has 2 aliphatic heterocycles. The topological polar surface area (TPSA) is 83.6 Å². The molecular weight excluding hydrogens is 478 g/mol. The number of anilines is 1. The van der Waals surface area contributed by atoms with Gasteiger partial charge in [0.05, 0.1) is 30.6 Å². The molecule has 0 N–H and O–H groups in total. The van der Waals surface area contributed by atoms with E-state index in [0.717, 1.165) is 37.1 Å². The number of morpholine rings is 1. The number of non-ortho nitro benzene ring substituents is 1. The molecule has 2 aromatic carbocycles. The van der Waals surface area contributed by atoms with Gasteiger partial charge in [-0.05, 0) is 65.5 Å². The average molecular weight is 512 g/mol. The van der Waals surface area contributed by atoms with Gasteiger partial charge in [0.1, 0.15) is 0 Å². The Morgan fingerprint density at radius 3 is 2.47 bits per heavy atom. The van der Waals surface area contributed by atoms with Crippen molar-refractivity contribution in [3.05, 3.63) is 98.4 Å². The Hall–Kier alpha value is -4.04. The molecule has 0 saturated carbocycles. The molecule has 0 atom stereocenters. The largest absolute Gasteiger partial charge is 0.378 e. The molecule has 0 unspecified atom stereocenters. The van der Waals surface area contributed by atoms with Gasteiger partial charge in [0, 0.05) is 54.8 Å². The number of fused-ring (bicyclic) bond motifs is 1. The van der Waals surface area contributed by atoms with E-state index in [1.165, 1.54) is 28.2 Å². The van der Waals surface area contributed by atoms with Crippen LogP contribution < -0.4 is 4.90 Å². The number of ether oxygens (including phenoxy) is 1. The van der Waals surface area contributed by atoms with E-state index in [4.69, 9.17) is 4.74 Å². The first-order valence-electron chi connectivity index (χ1n) is 13.0. The zero-order valence-electron chi connectivity index (χ0n) is 22.1. The van der Waals surface area contributed by atoms with Gasteiger partial charge in [-0.25, -0.2) is 0 Å². The molecule has 0 amide bonds. The number of rotatable bonds is 6. The second-order valence-electron chi connectivity index (χ2n) is 10.3. The summed E-state index contributed by atoms with van der Waals surface area (Å²) in [7, 11) is 2.09. The van der Waals surface area contributed by atoms with Crippen molar-refractivity contribution in [3.63, 3.8) is 0 Å². The summed E-state index contributed by atoms with van der Waals surface area (Å²) in [6.07, 6.45) is 9.57. The second-order valence-corrected chi connectivity index (χ2v) is 10.3. The van der Waals surface area contributed by atoms with Crippen LogP contribution in [-0.4, -0.2) is 55.6 Å². The van der Waals surface area contributed by atoms with Crippen LogP contribution in [0.5, 0.6) is 0 Å². The molecule has 3 aliphatic rings. The lowest BCUT2D eigenvalue weighted by Gasteiger charge is -2.31. The molecule has 0 bridgehead atoms. The van der Waals surface area contributed by atoms with Crippen LogP contribution in [0.25, 0.3) is 6.08 Å². The lowest BCUT2D eigenvalue weighted by Crippen LogP contribution is -2.36. The first kappa shape index (κ1) is 25.6. The maximum absolute atomic E-state index is 11.0. The molecule has 196 valence electrons. The lowest BCUT2D eigenvalue weighted by molar-refractivity contribution is -0.384. The number of hydrogen-bond donors (Lipinski definition) is 0. The summed E-state index contributed by atoms with van der Waals surface area (Å²) >= 11 is 0. The van der Waals surface area contributed by atoms with Crippen LogP contribution in [0.4, 0.5) is 11.4 Å². The highest BCUT2D eigenvalue weighted by atomic mass is 16.6. The first-order chi connectivity index (χ1) is 18.4. The molecule has 2 heterocycles. The standard InChI is InChI=1S/C30H33N5O3/c1-30(2)26-6-4-5-7-27(26)33(3)28(30)14-15-31-32-21-24-11-10-23(29(24)34-16-18-38-19-17-34)20-22-8-12-25(13-9-22)35(36)37/h4-9,12-15,20-21H,10-11,16-19H2,1-3H3/b23-20-,28-14-,31-15+,32-21+. The molecule has 8 heteroatoms. The maximum Gasteiger partial charge on any atom is 0.269 e. The fraction of sp³-hybridized carbons (Fsp3) is 0.333. The second kappa shape index (κ2) is 10.8. The Labute approximate surface area is 223 Å². The highest BCUT2D eigenvalue weighted by Crippen LogP contribution is 2.46. The fourth-order valence-corrected chi connectivity index (χ4v) is 5.61. The van der Waals surface area contributed by atoms with Gasteiger partial charge in [-0.1, -0.05) is 32.0 Å². The summed E-state index contributed by atoms with van der Waals surface area (Å²) in [6.45, 7) is 7.49. The molecule has 0 spiro atoms. The minimum absolute atomic E-state index is 0.0965. The van der Waals surface area contributed by atoms with E-state index in [9.17, 15) is 10.1 Å². The zero-order chi connectivity index (χ0) is 26.7. The third-order valence-corrected chi connectivity index (χ3v) is 7.56. The number of likely N-dealkylation sites (N-methyl/N-ethyl adjacent to an activating group) is 1. The van der Waals surface area contributed by atoms with Crippen LogP contribution in [0.3, 0.4) is 0 Å². The molecule has 1 aliphatic carbocycles. The van der Waals surface area contributed by atoms with Gasteiger partial charge >= 0.3 is 0 Å². The van der Waals surface area contributed by atoms with Crippen molar-refractivity contribution in [2.75, 3.05) is 38.3 Å². The summed E-state index contributed by atoms with van der Waals surface area (Å²) < 4.78 is 5.58. The summed E-state index contributed by atoms with van der Waals surface area (Å²) in [4.78, 5) is 15.2. The highest BCUT2D eigenvalue weighted by molar-refractivity contribution is 5.85. The van der Waals surface area contributed by atoms with Crippen LogP contribution in [0.1, 0.15) is 37.8 Å². The third kappa shape index (κ3) is 5.04. The van der Waals surface area contributed by atoms with Gasteiger partial charge in [-0.2, -0.15) is 10.2 Å². The van der Waals surface area contributed by atoms with Gasteiger partial charge in [-0.15, -0.1) is 0 Å². The van der Waals surface area contributed by atoms with Gasteiger partial charge < -0.3 is 14.5 Å². The Morgan fingerprint density at radius 1 is 1.03 bits per heavy atom. The summed E-state index contributed by atoms with van der Waals surface area (Å²) in [5.41, 5.74) is 8.19. The monoisotopic (exact) mass is 511 g/mol. The van der Waals surface area contributed by atoms with E-state index in [0.29, 0.717) is 13.2 Å². The number of nitro benzene ring substituents is 1. The Bertz CT molecular complexity index is 1360. The van der Waals surface area contributed by atoms with Gasteiger partial charge in [0.15, 0.2) is 0 Å². The Balaban J connectivity index is 1.38. The summed E-state index contributed by atoms with van der Waals surface area (Å²) in [5, 5.41) is 19.8. The van der Waals surface area contributed by atoms with E-state index in [1.807, 2.05) is 12.3 Å². The quantitative estimate of drug-likeness (QED) is 0.281. The molecule has 5 rings (SSSR count). The molecule has 8 nitrogen and oxygen atoms in total. The van der Waals surface area contributed by atoms with E-state index >= 15 is 0 Å². The Morgan fingerprint density at radius 2 is 1.76 bits per heavy atom. The molecule has 2 aromatic rings. The molecule has 1 saturated heterocycles. The van der Waals surface area contributed by atoms with Crippen molar-refractivity contribution >= 4 is 29.9 Å². The maximum atomic E-state index is 11.0. The van der Waals surface area contributed by atoms with Gasteiger partial charge in [0.2, 0.25) is 0 Å².